The van der Waals surface area contributed by atoms with Gasteiger partial charge >= 0.3 is 18.0 Å². The maximum atomic E-state index is 11.8. The van der Waals surface area contributed by atoms with Gasteiger partial charge in [0, 0.05) is 19.4 Å². The standard InChI is InChI=1S/C18H35NO4.C17H35NO2/c1-6-8-9-10-12-15(7-2)22-16(20)13-11-14-19-17(21)23-18(3,4)5;1-3-5-7-9-12-16(13-10-8-6-4-2)20-17(19)14-11-15-18/h15H,6-14H2,1-5H3,(H,19,21);16H,3-15,18H2,1-2H3. The summed E-state index contributed by atoms with van der Waals surface area (Å²) in [5.41, 5.74) is 4.92. The molecule has 0 aliphatic heterocycles. The number of nitrogens with one attached hydrogen (secondary N) is 1. The van der Waals surface area contributed by atoms with Crippen molar-refractivity contribution in [2.45, 2.75) is 195 Å². The Morgan fingerprint density at radius 2 is 1.07 bits per heavy atom. The van der Waals surface area contributed by atoms with Gasteiger partial charge in [-0.2, -0.15) is 0 Å². The third-order valence-electron chi connectivity index (χ3n) is 7.00. The Morgan fingerprint density at radius 3 is 1.49 bits per heavy atom. The normalized spacial score (nSPS) is 11.8. The fraction of sp³-hybridized carbons (Fsp3) is 0.914. The second-order valence-electron chi connectivity index (χ2n) is 12.6. The number of alkyl carbamates (subject to hydrolysis) is 1. The Balaban J connectivity index is 0. The Labute approximate surface area is 265 Å². The average Bonchev–Trinajstić information content (AvgIpc) is 2.95. The van der Waals surface area contributed by atoms with E-state index in [2.05, 4.69) is 26.1 Å². The molecule has 0 saturated heterocycles. The molecule has 0 radical (unpaired) electrons. The summed E-state index contributed by atoms with van der Waals surface area (Å²) in [5.74, 6) is -0.246. The largest absolute Gasteiger partial charge is 0.462 e. The van der Waals surface area contributed by atoms with Crippen molar-refractivity contribution in [1.82, 2.24) is 5.32 Å². The van der Waals surface area contributed by atoms with E-state index in [0.717, 1.165) is 38.5 Å². The minimum atomic E-state index is -0.505. The van der Waals surface area contributed by atoms with Crippen LogP contribution in [0, 0.1) is 0 Å². The van der Waals surface area contributed by atoms with Crippen molar-refractivity contribution in [3.05, 3.63) is 0 Å². The van der Waals surface area contributed by atoms with Gasteiger partial charge in [-0.15, -0.1) is 0 Å². The lowest BCUT2D eigenvalue weighted by Crippen LogP contribution is -2.33. The van der Waals surface area contributed by atoms with Gasteiger partial charge in [0.05, 0.1) is 0 Å². The van der Waals surface area contributed by atoms with Crippen LogP contribution in [0.2, 0.25) is 0 Å². The Hall–Kier alpha value is -1.83. The summed E-state index contributed by atoms with van der Waals surface area (Å²) in [7, 11) is 0. The fourth-order valence-electron chi connectivity index (χ4n) is 4.48. The van der Waals surface area contributed by atoms with Gasteiger partial charge in [-0.3, -0.25) is 9.59 Å². The van der Waals surface area contributed by atoms with E-state index in [4.69, 9.17) is 19.9 Å². The molecule has 8 nitrogen and oxygen atoms in total. The molecule has 0 fully saturated rings. The molecule has 8 heteroatoms. The summed E-state index contributed by atoms with van der Waals surface area (Å²) < 4.78 is 16.2. The minimum Gasteiger partial charge on any atom is -0.462 e. The topological polar surface area (TPSA) is 117 Å². The zero-order chi connectivity index (χ0) is 32.8. The zero-order valence-corrected chi connectivity index (χ0v) is 29.2. The summed E-state index contributed by atoms with van der Waals surface area (Å²) >= 11 is 0. The van der Waals surface area contributed by atoms with Crippen LogP contribution in [0.15, 0.2) is 0 Å². The first-order chi connectivity index (χ1) is 20.5. The Bertz CT molecular complexity index is 653. The number of ether oxygens (including phenoxy) is 3. The van der Waals surface area contributed by atoms with Crippen molar-refractivity contribution < 1.29 is 28.6 Å². The molecular weight excluding hydrogens is 544 g/mol. The lowest BCUT2D eigenvalue weighted by Gasteiger charge is -2.19. The number of carbonyl (C=O) groups excluding carboxylic acids is 3. The molecule has 256 valence electrons. The number of hydrogen-bond donors (Lipinski definition) is 2. The van der Waals surface area contributed by atoms with Crippen LogP contribution in [0.4, 0.5) is 4.79 Å². The van der Waals surface area contributed by atoms with Gasteiger partial charge in [0.15, 0.2) is 0 Å². The van der Waals surface area contributed by atoms with Gasteiger partial charge < -0.3 is 25.3 Å². The third-order valence-corrected chi connectivity index (χ3v) is 7.00. The van der Waals surface area contributed by atoms with Crippen molar-refractivity contribution in [1.29, 1.82) is 0 Å². The average molecular weight is 615 g/mol. The van der Waals surface area contributed by atoms with Crippen LogP contribution >= 0.6 is 0 Å². The summed E-state index contributed by atoms with van der Waals surface area (Å²) in [6.07, 6.45) is 20.3. The molecule has 0 aromatic heterocycles. The quantitative estimate of drug-likeness (QED) is 0.0598. The van der Waals surface area contributed by atoms with Crippen molar-refractivity contribution in [2.24, 2.45) is 5.73 Å². The smallest absolute Gasteiger partial charge is 0.407 e. The molecule has 0 heterocycles. The van der Waals surface area contributed by atoms with Crippen LogP contribution < -0.4 is 11.1 Å². The third kappa shape index (κ3) is 32.9. The van der Waals surface area contributed by atoms with Gasteiger partial charge in [-0.1, -0.05) is 85.5 Å². The number of rotatable bonds is 25. The predicted octanol–water partition coefficient (Wildman–Crippen LogP) is 9.16. The van der Waals surface area contributed by atoms with Gasteiger partial charge in [-0.25, -0.2) is 4.79 Å². The van der Waals surface area contributed by atoms with Gasteiger partial charge in [0.1, 0.15) is 17.8 Å². The lowest BCUT2D eigenvalue weighted by atomic mass is 10.0. The number of carbonyl (C=O) groups is 3. The summed E-state index contributed by atoms with van der Waals surface area (Å²) in [6, 6.07) is 0. The highest BCUT2D eigenvalue weighted by molar-refractivity contribution is 5.70. The maximum Gasteiger partial charge on any atom is 0.407 e. The van der Waals surface area contributed by atoms with Gasteiger partial charge in [-0.05, 0) is 85.1 Å². The van der Waals surface area contributed by atoms with E-state index in [1.165, 1.54) is 70.6 Å². The van der Waals surface area contributed by atoms with E-state index in [9.17, 15) is 14.4 Å². The van der Waals surface area contributed by atoms with E-state index in [-0.39, 0.29) is 24.1 Å². The maximum absolute atomic E-state index is 11.8. The molecule has 3 N–H and O–H groups in total. The highest BCUT2D eigenvalue weighted by atomic mass is 16.6. The first kappa shape index (κ1) is 43.3. The number of hydrogen-bond acceptors (Lipinski definition) is 7. The molecule has 1 amide bonds. The second kappa shape index (κ2) is 30.2. The lowest BCUT2D eigenvalue weighted by molar-refractivity contribution is -0.150. The van der Waals surface area contributed by atoms with Crippen LogP contribution in [0.3, 0.4) is 0 Å². The Kier molecular flexibility index (Phi) is 30.4. The van der Waals surface area contributed by atoms with Gasteiger partial charge in [0.2, 0.25) is 0 Å². The highest BCUT2D eigenvalue weighted by Gasteiger charge is 2.17. The SMILES string of the molecule is CCCCCCC(CC)OC(=O)CCCNC(=O)OC(C)(C)C.CCCCCCC(CCCCCC)OC(=O)CCCN. The molecule has 0 aromatic rings. The van der Waals surface area contributed by atoms with Crippen molar-refractivity contribution in [3.63, 3.8) is 0 Å². The zero-order valence-electron chi connectivity index (χ0n) is 29.2. The monoisotopic (exact) mass is 615 g/mol. The molecule has 1 unspecified atom stereocenters. The molecule has 0 aliphatic rings. The number of amides is 1. The Morgan fingerprint density at radius 1 is 0.628 bits per heavy atom. The molecule has 0 bridgehead atoms. The molecular formula is C35H70N2O6. The number of unbranched alkanes of at least 4 members (excludes halogenated alkanes) is 9. The van der Waals surface area contributed by atoms with Crippen LogP contribution in [-0.2, 0) is 23.8 Å². The first-order valence-electron chi connectivity index (χ1n) is 17.6. The van der Waals surface area contributed by atoms with Crippen molar-refractivity contribution in [2.75, 3.05) is 13.1 Å². The molecule has 0 aliphatic carbocycles. The summed E-state index contributed by atoms with van der Waals surface area (Å²) in [6.45, 7) is 15.1. The molecule has 0 aromatic carbocycles. The van der Waals surface area contributed by atoms with E-state index < -0.39 is 11.7 Å². The molecule has 43 heavy (non-hydrogen) atoms. The van der Waals surface area contributed by atoms with E-state index in [1.807, 2.05) is 27.7 Å². The van der Waals surface area contributed by atoms with E-state index in [1.54, 1.807) is 0 Å². The van der Waals surface area contributed by atoms with Crippen LogP contribution in [0.1, 0.15) is 177 Å². The van der Waals surface area contributed by atoms with Crippen molar-refractivity contribution in [3.8, 4) is 0 Å². The van der Waals surface area contributed by atoms with E-state index >= 15 is 0 Å². The van der Waals surface area contributed by atoms with Crippen LogP contribution in [0.5, 0.6) is 0 Å². The second-order valence-corrected chi connectivity index (χ2v) is 12.6. The molecule has 0 saturated carbocycles. The van der Waals surface area contributed by atoms with Crippen molar-refractivity contribution >= 4 is 18.0 Å². The van der Waals surface area contributed by atoms with Crippen LogP contribution in [-0.4, -0.2) is 48.9 Å². The fourth-order valence-corrected chi connectivity index (χ4v) is 4.48. The van der Waals surface area contributed by atoms with Crippen LogP contribution in [0.25, 0.3) is 0 Å². The highest BCUT2D eigenvalue weighted by Crippen LogP contribution is 2.17. The molecule has 0 rings (SSSR count). The van der Waals surface area contributed by atoms with Gasteiger partial charge in [0.25, 0.3) is 0 Å². The molecule has 1 atom stereocenters. The predicted molar refractivity (Wildman–Crippen MR) is 178 cm³/mol. The first-order valence-corrected chi connectivity index (χ1v) is 17.6. The number of nitrogens with two attached hydrogens (primary N) is 1. The molecule has 0 spiro atoms. The number of esters is 2. The minimum absolute atomic E-state index is 0.0261. The summed E-state index contributed by atoms with van der Waals surface area (Å²) in [5, 5.41) is 2.64. The summed E-state index contributed by atoms with van der Waals surface area (Å²) in [4.78, 5) is 35.0. The van der Waals surface area contributed by atoms with E-state index in [0.29, 0.717) is 32.4 Å².